The van der Waals surface area contributed by atoms with Crippen molar-refractivity contribution in [2.24, 2.45) is 17.1 Å². The molecule has 2 rings (SSSR count). The van der Waals surface area contributed by atoms with E-state index in [1.165, 1.54) is 25.0 Å². The molecule has 1 aromatic rings. The Bertz CT molecular complexity index is 413. The monoisotopic (exact) mass is 281 g/mol. The van der Waals surface area contributed by atoms with E-state index in [9.17, 15) is 0 Å². The minimum Gasteiger partial charge on any atom is -0.327 e. The first-order valence-corrected chi connectivity index (χ1v) is 8.11. The van der Waals surface area contributed by atoms with Crippen LogP contribution >= 0.6 is 11.3 Å². The molecule has 4 heteroatoms. The van der Waals surface area contributed by atoms with Crippen molar-refractivity contribution in [1.82, 2.24) is 9.88 Å². The maximum absolute atomic E-state index is 6.46. The molecule has 3 nitrogen and oxygen atoms in total. The molecule has 1 aromatic heterocycles. The second-order valence-electron chi connectivity index (χ2n) is 6.72. The van der Waals surface area contributed by atoms with Crippen LogP contribution in [0.5, 0.6) is 0 Å². The second-order valence-corrected chi connectivity index (χ2v) is 7.78. The Morgan fingerprint density at radius 1 is 1.53 bits per heavy atom. The van der Waals surface area contributed by atoms with Gasteiger partial charge in [0.1, 0.15) is 0 Å². The van der Waals surface area contributed by atoms with E-state index < -0.39 is 0 Å². The molecule has 0 amide bonds. The van der Waals surface area contributed by atoms with Gasteiger partial charge in [-0.15, -0.1) is 11.3 Å². The van der Waals surface area contributed by atoms with Crippen LogP contribution < -0.4 is 5.73 Å². The van der Waals surface area contributed by atoms with E-state index in [1.54, 1.807) is 11.3 Å². The number of thiazole rings is 1. The van der Waals surface area contributed by atoms with Crippen molar-refractivity contribution in [3.63, 3.8) is 0 Å². The number of rotatable bonds is 4. The summed E-state index contributed by atoms with van der Waals surface area (Å²) < 4.78 is 0. The first-order valence-electron chi connectivity index (χ1n) is 7.23. The highest BCUT2D eigenvalue weighted by Crippen LogP contribution is 2.37. The Morgan fingerprint density at radius 3 is 2.89 bits per heavy atom. The van der Waals surface area contributed by atoms with Gasteiger partial charge in [0.15, 0.2) is 0 Å². The highest BCUT2D eigenvalue weighted by Gasteiger charge is 2.36. The van der Waals surface area contributed by atoms with Crippen LogP contribution in [0, 0.1) is 18.3 Å². The molecule has 0 aromatic carbocycles. The molecule has 1 aliphatic carbocycles. The van der Waals surface area contributed by atoms with Gasteiger partial charge < -0.3 is 10.6 Å². The number of aryl methyl sites for hydroxylation is 1. The normalized spacial score (nSPS) is 26.8. The lowest BCUT2D eigenvalue weighted by Gasteiger charge is -2.43. The largest absolute Gasteiger partial charge is 0.327 e. The summed E-state index contributed by atoms with van der Waals surface area (Å²) in [7, 11) is 2.18. The predicted octanol–water partition coefficient (Wildman–Crippen LogP) is 3.04. The van der Waals surface area contributed by atoms with E-state index in [1.807, 2.05) is 0 Å². The fourth-order valence-corrected chi connectivity index (χ4v) is 3.84. The van der Waals surface area contributed by atoms with Crippen LogP contribution in [-0.4, -0.2) is 29.5 Å². The highest BCUT2D eigenvalue weighted by molar-refractivity contribution is 7.09. The van der Waals surface area contributed by atoms with E-state index in [4.69, 9.17) is 5.73 Å². The third-order valence-corrected chi connectivity index (χ3v) is 5.27. The van der Waals surface area contributed by atoms with Crippen LogP contribution in [0.15, 0.2) is 5.38 Å². The average Bonchev–Trinajstić information content (AvgIpc) is 2.70. The Morgan fingerprint density at radius 2 is 2.26 bits per heavy atom. The molecular formula is C15H27N3S. The van der Waals surface area contributed by atoms with Crippen LogP contribution in [-0.2, 0) is 6.54 Å². The minimum atomic E-state index is 0.293. The van der Waals surface area contributed by atoms with E-state index >= 15 is 0 Å². The van der Waals surface area contributed by atoms with Crippen LogP contribution in [0.25, 0.3) is 0 Å². The van der Waals surface area contributed by atoms with Gasteiger partial charge in [-0.2, -0.15) is 0 Å². The van der Waals surface area contributed by atoms with Crippen molar-refractivity contribution in [3.8, 4) is 0 Å². The zero-order valence-corrected chi connectivity index (χ0v) is 13.5. The van der Waals surface area contributed by atoms with E-state index in [0.29, 0.717) is 17.4 Å². The summed E-state index contributed by atoms with van der Waals surface area (Å²) in [5, 5.41) is 3.32. The minimum absolute atomic E-state index is 0.293. The molecule has 1 fully saturated rings. The lowest BCUT2D eigenvalue weighted by Crippen LogP contribution is -2.49. The van der Waals surface area contributed by atoms with Crippen LogP contribution in [0.1, 0.15) is 43.8 Å². The summed E-state index contributed by atoms with van der Waals surface area (Å²) in [6.07, 6.45) is 3.85. The molecule has 2 atom stereocenters. The van der Waals surface area contributed by atoms with Crippen molar-refractivity contribution >= 4 is 11.3 Å². The van der Waals surface area contributed by atoms with Crippen molar-refractivity contribution in [1.29, 1.82) is 0 Å². The van der Waals surface area contributed by atoms with Gasteiger partial charge in [-0.3, -0.25) is 0 Å². The maximum Gasteiger partial charge on any atom is 0.0897 e. The molecule has 2 N–H and O–H groups in total. The van der Waals surface area contributed by atoms with Gasteiger partial charge in [0.05, 0.1) is 10.7 Å². The van der Waals surface area contributed by atoms with Crippen molar-refractivity contribution in [3.05, 3.63) is 16.1 Å². The molecule has 0 saturated heterocycles. The van der Waals surface area contributed by atoms with Gasteiger partial charge in [-0.25, -0.2) is 4.98 Å². The average molecular weight is 281 g/mol. The molecule has 0 aliphatic heterocycles. The Labute approximate surface area is 121 Å². The van der Waals surface area contributed by atoms with Crippen molar-refractivity contribution in [2.75, 3.05) is 13.6 Å². The number of hydrogen-bond donors (Lipinski definition) is 1. The zero-order valence-electron chi connectivity index (χ0n) is 12.6. The Hall–Kier alpha value is -0.450. The summed E-state index contributed by atoms with van der Waals surface area (Å²) in [5.41, 5.74) is 7.94. The van der Waals surface area contributed by atoms with Gasteiger partial charge in [-0.1, -0.05) is 20.3 Å². The van der Waals surface area contributed by atoms with E-state index in [2.05, 4.69) is 43.1 Å². The van der Waals surface area contributed by atoms with Gasteiger partial charge in [0.25, 0.3) is 0 Å². The highest BCUT2D eigenvalue weighted by atomic mass is 32.1. The van der Waals surface area contributed by atoms with Crippen LogP contribution in [0.2, 0.25) is 0 Å². The topological polar surface area (TPSA) is 42.2 Å². The first kappa shape index (κ1) is 14.9. The summed E-state index contributed by atoms with van der Waals surface area (Å²) >= 11 is 1.73. The Balaban J connectivity index is 1.89. The predicted molar refractivity (Wildman–Crippen MR) is 82.3 cm³/mol. The Kier molecular flexibility index (Phi) is 4.64. The standard InChI is InChI=1S/C15H27N3S/c1-11-17-13(10-19-11)9-18(4)8-12-6-5-7-15(2,3)14(12)16/h10,12,14H,5-9,16H2,1-4H3. The second kappa shape index (κ2) is 5.90. The summed E-state index contributed by atoms with van der Waals surface area (Å²) in [5.74, 6) is 0.619. The lowest BCUT2D eigenvalue weighted by molar-refractivity contribution is 0.108. The number of nitrogens with two attached hydrogens (primary N) is 1. The summed E-state index contributed by atoms with van der Waals surface area (Å²) in [6.45, 7) is 8.71. The molecule has 2 unspecified atom stereocenters. The van der Waals surface area contributed by atoms with E-state index in [0.717, 1.165) is 18.1 Å². The fraction of sp³-hybridized carbons (Fsp3) is 0.800. The van der Waals surface area contributed by atoms with Gasteiger partial charge in [0, 0.05) is 24.5 Å². The summed E-state index contributed by atoms with van der Waals surface area (Å²) in [4.78, 5) is 6.91. The van der Waals surface area contributed by atoms with Gasteiger partial charge in [-0.05, 0) is 38.1 Å². The number of nitrogens with zero attached hydrogens (tertiary/aromatic N) is 2. The molecule has 0 bridgehead atoms. The fourth-order valence-electron chi connectivity index (χ4n) is 3.23. The van der Waals surface area contributed by atoms with Crippen LogP contribution in [0.4, 0.5) is 0 Å². The number of aromatic nitrogens is 1. The molecule has 1 saturated carbocycles. The summed E-state index contributed by atoms with van der Waals surface area (Å²) in [6, 6.07) is 0.320. The molecule has 0 radical (unpaired) electrons. The molecular weight excluding hydrogens is 254 g/mol. The quantitative estimate of drug-likeness (QED) is 0.922. The van der Waals surface area contributed by atoms with Gasteiger partial charge in [0.2, 0.25) is 0 Å². The van der Waals surface area contributed by atoms with Crippen molar-refractivity contribution in [2.45, 2.75) is 52.6 Å². The van der Waals surface area contributed by atoms with Crippen LogP contribution in [0.3, 0.4) is 0 Å². The third kappa shape index (κ3) is 3.77. The maximum atomic E-state index is 6.46. The SMILES string of the molecule is Cc1nc(CN(C)CC2CCCC(C)(C)C2N)cs1. The molecule has 19 heavy (non-hydrogen) atoms. The molecule has 0 spiro atoms. The molecule has 108 valence electrons. The van der Waals surface area contributed by atoms with Gasteiger partial charge >= 0.3 is 0 Å². The van der Waals surface area contributed by atoms with Crippen molar-refractivity contribution < 1.29 is 0 Å². The first-order chi connectivity index (χ1) is 8.88. The number of hydrogen-bond acceptors (Lipinski definition) is 4. The molecule has 1 heterocycles. The zero-order chi connectivity index (χ0) is 14.0. The molecule has 1 aliphatic rings. The lowest BCUT2D eigenvalue weighted by atomic mass is 9.68. The third-order valence-electron chi connectivity index (χ3n) is 4.45. The van der Waals surface area contributed by atoms with E-state index in [-0.39, 0.29) is 0 Å². The smallest absolute Gasteiger partial charge is 0.0897 e.